The maximum Gasteiger partial charge on any atom is 0.0807 e. The molecule has 0 aliphatic carbocycles. The van der Waals surface area contributed by atoms with Crippen LogP contribution in [0.25, 0.3) is 0 Å². The Morgan fingerprint density at radius 1 is 1.36 bits per heavy atom. The first kappa shape index (κ1) is 9.82. The molecule has 0 radical (unpaired) electrons. The molecule has 2 heteroatoms. The summed E-state index contributed by atoms with van der Waals surface area (Å²) in [7, 11) is 1.73. The SMILES string of the molecule is CC.CN=Cc1ccccn1. The van der Waals surface area contributed by atoms with Crippen molar-refractivity contribution in [3.63, 3.8) is 0 Å². The van der Waals surface area contributed by atoms with Crippen LogP contribution < -0.4 is 0 Å². The van der Waals surface area contributed by atoms with E-state index in [4.69, 9.17) is 0 Å². The zero-order valence-electron chi connectivity index (χ0n) is 7.28. The molecule has 0 saturated heterocycles. The Morgan fingerprint density at radius 3 is 2.55 bits per heavy atom. The van der Waals surface area contributed by atoms with Crippen molar-refractivity contribution in [3.05, 3.63) is 30.1 Å². The van der Waals surface area contributed by atoms with Gasteiger partial charge in [0.1, 0.15) is 0 Å². The van der Waals surface area contributed by atoms with Gasteiger partial charge in [-0.25, -0.2) is 0 Å². The summed E-state index contributed by atoms with van der Waals surface area (Å²) in [6.45, 7) is 4.00. The Labute approximate surface area is 68.0 Å². The summed E-state index contributed by atoms with van der Waals surface area (Å²) < 4.78 is 0. The fraction of sp³-hybridized carbons (Fsp3) is 0.333. The first-order valence-corrected chi connectivity index (χ1v) is 3.76. The molecule has 60 valence electrons. The van der Waals surface area contributed by atoms with Gasteiger partial charge in [0.05, 0.1) is 5.69 Å². The fourth-order valence-electron chi connectivity index (χ4n) is 0.585. The van der Waals surface area contributed by atoms with Gasteiger partial charge in [-0.2, -0.15) is 0 Å². The van der Waals surface area contributed by atoms with Gasteiger partial charge >= 0.3 is 0 Å². The molecule has 1 aromatic heterocycles. The molecule has 1 rings (SSSR count). The third kappa shape index (κ3) is 4.25. The minimum atomic E-state index is 0.903. The van der Waals surface area contributed by atoms with Gasteiger partial charge in [-0.3, -0.25) is 9.98 Å². The molecule has 0 bridgehead atoms. The third-order valence-electron chi connectivity index (χ3n) is 0.949. The lowest BCUT2D eigenvalue weighted by atomic mass is 10.4. The second-order valence-corrected chi connectivity index (χ2v) is 1.64. The van der Waals surface area contributed by atoms with Crippen molar-refractivity contribution in [2.24, 2.45) is 4.99 Å². The van der Waals surface area contributed by atoms with Gasteiger partial charge in [-0.05, 0) is 12.1 Å². The van der Waals surface area contributed by atoms with Gasteiger partial charge in [-0.15, -0.1) is 0 Å². The lowest BCUT2D eigenvalue weighted by Crippen LogP contribution is -1.82. The highest BCUT2D eigenvalue weighted by molar-refractivity contribution is 5.76. The molecule has 0 atom stereocenters. The Hall–Kier alpha value is -1.18. The van der Waals surface area contributed by atoms with Crippen LogP contribution in [-0.4, -0.2) is 18.2 Å². The molecule has 0 aliphatic heterocycles. The molecule has 0 unspecified atom stereocenters. The number of nitrogens with zero attached hydrogens (tertiary/aromatic N) is 2. The van der Waals surface area contributed by atoms with Crippen LogP contribution in [0.1, 0.15) is 19.5 Å². The van der Waals surface area contributed by atoms with Crippen LogP contribution in [-0.2, 0) is 0 Å². The van der Waals surface area contributed by atoms with Crippen LogP contribution in [0.5, 0.6) is 0 Å². The molecule has 1 aromatic rings. The molecule has 0 N–H and O–H groups in total. The minimum absolute atomic E-state index is 0.903. The van der Waals surface area contributed by atoms with Gasteiger partial charge in [0, 0.05) is 19.5 Å². The van der Waals surface area contributed by atoms with Gasteiger partial charge < -0.3 is 0 Å². The predicted octanol–water partition coefficient (Wildman–Crippen LogP) is 2.16. The standard InChI is InChI=1S/C7H8N2.C2H6/c1-8-6-7-4-2-3-5-9-7;1-2/h2-6H,1H3;1-2H3. The first-order chi connectivity index (χ1) is 5.43. The number of hydrogen-bond acceptors (Lipinski definition) is 2. The van der Waals surface area contributed by atoms with E-state index in [1.54, 1.807) is 19.5 Å². The van der Waals surface area contributed by atoms with Crippen molar-refractivity contribution in [1.82, 2.24) is 4.98 Å². The van der Waals surface area contributed by atoms with Crippen LogP contribution in [0.2, 0.25) is 0 Å². The molecule has 0 aromatic carbocycles. The number of aliphatic imine (C=N–C) groups is 1. The second-order valence-electron chi connectivity index (χ2n) is 1.64. The summed E-state index contributed by atoms with van der Waals surface area (Å²) in [5.74, 6) is 0. The summed E-state index contributed by atoms with van der Waals surface area (Å²) in [6, 6.07) is 5.73. The van der Waals surface area contributed by atoms with E-state index < -0.39 is 0 Å². The zero-order chi connectivity index (χ0) is 8.53. The highest BCUT2D eigenvalue weighted by Gasteiger charge is 1.80. The first-order valence-electron chi connectivity index (χ1n) is 3.76. The minimum Gasteiger partial charge on any atom is -0.294 e. The number of aromatic nitrogens is 1. The van der Waals surface area contributed by atoms with Crippen LogP contribution in [0.4, 0.5) is 0 Å². The molecular formula is C9H14N2. The van der Waals surface area contributed by atoms with Crippen molar-refractivity contribution in [2.45, 2.75) is 13.8 Å². The number of pyridine rings is 1. The van der Waals surface area contributed by atoms with Crippen molar-refractivity contribution in [3.8, 4) is 0 Å². The van der Waals surface area contributed by atoms with E-state index in [0.717, 1.165) is 5.69 Å². The lowest BCUT2D eigenvalue weighted by Gasteiger charge is -1.85. The van der Waals surface area contributed by atoms with Crippen LogP contribution in [0.3, 0.4) is 0 Å². The van der Waals surface area contributed by atoms with E-state index in [1.807, 2.05) is 32.0 Å². The van der Waals surface area contributed by atoms with E-state index in [2.05, 4.69) is 9.98 Å². The van der Waals surface area contributed by atoms with E-state index in [-0.39, 0.29) is 0 Å². The van der Waals surface area contributed by atoms with Crippen LogP contribution in [0.15, 0.2) is 29.4 Å². The van der Waals surface area contributed by atoms with E-state index in [1.165, 1.54) is 0 Å². The van der Waals surface area contributed by atoms with Crippen molar-refractivity contribution < 1.29 is 0 Å². The lowest BCUT2D eigenvalue weighted by molar-refractivity contribution is 1.29. The molecule has 0 amide bonds. The van der Waals surface area contributed by atoms with Crippen LogP contribution in [0, 0.1) is 0 Å². The highest BCUT2D eigenvalue weighted by Crippen LogP contribution is 1.86. The van der Waals surface area contributed by atoms with Gasteiger partial charge in [0.15, 0.2) is 0 Å². The largest absolute Gasteiger partial charge is 0.294 e. The third-order valence-corrected chi connectivity index (χ3v) is 0.949. The predicted molar refractivity (Wildman–Crippen MR) is 49.1 cm³/mol. The maximum atomic E-state index is 4.02. The van der Waals surface area contributed by atoms with Crippen molar-refractivity contribution in [1.29, 1.82) is 0 Å². The zero-order valence-corrected chi connectivity index (χ0v) is 7.28. The number of rotatable bonds is 1. The molecule has 2 nitrogen and oxygen atoms in total. The number of hydrogen-bond donors (Lipinski definition) is 0. The molecular weight excluding hydrogens is 136 g/mol. The quantitative estimate of drug-likeness (QED) is 0.563. The van der Waals surface area contributed by atoms with Crippen molar-refractivity contribution >= 4 is 6.21 Å². The topological polar surface area (TPSA) is 25.2 Å². The Balaban J connectivity index is 0.000000461. The average Bonchev–Trinajstić information content (AvgIpc) is 2.11. The summed E-state index contributed by atoms with van der Waals surface area (Å²) in [5, 5.41) is 0. The van der Waals surface area contributed by atoms with Gasteiger partial charge in [0.25, 0.3) is 0 Å². The molecule has 1 heterocycles. The summed E-state index contributed by atoms with van der Waals surface area (Å²) >= 11 is 0. The molecule has 0 saturated carbocycles. The van der Waals surface area contributed by atoms with Gasteiger partial charge in [-0.1, -0.05) is 19.9 Å². The summed E-state index contributed by atoms with van der Waals surface area (Å²) in [4.78, 5) is 7.84. The van der Waals surface area contributed by atoms with Crippen molar-refractivity contribution in [2.75, 3.05) is 7.05 Å². The Bertz CT molecular complexity index is 192. The molecule has 0 fully saturated rings. The Kier molecular flexibility index (Phi) is 6.19. The maximum absolute atomic E-state index is 4.02. The van der Waals surface area contributed by atoms with E-state index >= 15 is 0 Å². The molecule has 11 heavy (non-hydrogen) atoms. The van der Waals surface area contributed by atoms with Crippen LogP contribution >= 0.6 is 0 Å². The summed E-state index contributed by atoms with van der Waals surface area (Å²) in [6.07, 6.45) is 3.47. The smallest absolute Gasteiger partial charge is 0.0807 e. The van der Waals surface area contributed by atoms with E-state index in [9.17, 15) is 0 Å². The average molecular weight is 150 g/mol. The normalized spacial score (nSPS) is 9.00. The molecule has 0 spiro atoms. The highest BCUT2D eigenvalue weighted by atomic mass is 14.7. The Morgan fingerprint density at radius 2 is 2.09 bits per heavy atom. The van der Waals surface area contributed by atoms with E-state index in [0.29, 0.717) is 0 Å². The second kappa shape index (κ2) is 6.93. The monoisotopic (exact) mass is 150 g/mol. The summed E-state index contributed by atoms with van der Waals surface area (Å²) in [5.41, 5.74) is 0.903. The van der Waals surface area contributed by atoms with Gasteiger partial charge in [0.2, 0.25) is 0 Å². The molecule has 0 aliphatic rings. The fourth-order valence-corrected chi connectivity index (χ4v) is 0.585.